The topological polar surface area (TPSA) is 43.1 Å². The highest BCUT2D eigenvalue weighted by Gasteiger charge is 2.14. The van der Waals surface area contributed by atoms with Gasteiger partial charge in [0.1, 0.15) is 0 Å². The summed E-state index contributed by atoms with van der Waals surface area (Å²) in [6, 6.07) is 6.85. The SMILES string of the molecule is CCCCCC[C@H](N)C(=O)c1ccc(S)cc1. The van der Waals surface area contributed by atoms with Crippen LogP contribution in [0.1, 0.15) is 49.4 Å². The van der Waals surface area contributed by atoms with Gasteiger partial charge in [0.2, 0.25) is 0 Å². The van der Waals surface area contributed by atoms with Crippen LogP contribution in [0.5, 0.6) is 0 Å². The number of nitrogens with two attached hydrogens (primary N) is 1. The lowest BCUT2D eigenvalue weighted by Crippen LogP contribution is -2.30. The van der Waals surface area contributed by atoms with Crippen molar-refractivity contribution in [1.29, 1.82) is 0 Å². The second kappa shape index (κ2) is 7.51. The number of carbonyl (C=O) groups excluding carboxylic acids is 1. The molecule has 0 spiro atoms. The van der Waals surface area contributed by atoms with Gasteiger partial charge in [-0.2, -0.15) is 0 Å². The molecular formula is C14H21NOS. The Balaban J connectivity index is 2.43. The quantitative estimate of drug-likeness (QED) is 0.443. The number of hydrogen-bond donors (Lipinski definition) is 2. The fraction of sp³-hybridized carbons (Fsp3) is 0.500. The number of hydrogen-bond acceptors (Lipinski definition) is 3. The highest BCUT2D eigenvalue weighted by Crippen LogP contribution is 2.12. The average molecular weight is 251 g/mol. The van der Waals surface area contributed by atoms with E-state index in [1.807, 2.05) is 12.1 Å². The number of carbonyl (C=O) groups is 1. The molecule has 0 heterocycles. The van der Waals surface area contributed by atoms with E-state index >= 15 is 0 Å². The number of benzene rings is 1. The number of unbranched alkanes of at least 4 members (excludes halogenated alkanes) is 3. The smallest absolute Gasteiger partial charge is 0.179 e. The summed E-state index contributed by atoms with van der Waals surface area (Å²) >= 11 is 4.19. The first-order valence-electron chi connectivity index (χ1n) is 6.24. The van der Waals surface area contributed by atoms with Gasteiger partial charge in [0, 0.05) is 10.5 Å². The Morgan fingerprint density at radius 2 is 1.88 bits per heavy atom. The summed E-state index contributed by atoms with van der Waals surface area (Å²) < 4.78 is 0. The molecule has 0 amide bonds. The van der Waals surface area contributed by atoms with E-state index in [0.29, 0.717) is 5.56 Å². The van der Waals surface area contributed by atoms with E-state index in [4.69, 9.17) is 5.73 Å². The van der Waals surface area contributed by atoms with E-state index < -0.39 is 0 Å². The van der Waals surface area contributed by atoms with Gasteiger partial charge in [-0.15, -0.1) is 12.6 Å². The molecule has 0 aliphatic heterocycles. The summed E-state index contributed by atoms with van der Waals surface area (Å²) in [5.41, 5.74) is 6.59. The molecule has 0 fully saturated rings. The summed E-state index contributed by atoms with van der Waals surface area (Å²) in [4.78, 5) is 12.8. The number of Topliss-reactive ketones (excluding diaryl/α,β-unsaturated/α-hetero) is 1. The van der Waals surface area contributed by atoms with Crippen molar-refractivity contribution in [3.63, 3.8) is 0 Å². The third-order valence-electron chi connectivity index (χ3n) is 2.86. The minimum absolute atomic E-state index is 0.0369. The van der Waals surface area contributed by atoms with Crippen molar-refractivity contribution >= 4 is 18.4 Å². The lowest BCUT2D eigenvalue weighted by atomic mass is 9.99. The molecule has 1 rings (SSSR count). The van der Waals surface area contributed by atoms with Crippen LogP contribution in [0, 0.1) is 0 Å². The van der Waals surface area contributed by atoms with Gasteiger partial charge in [0.25, 0.3) is 0 Å². The van der Waals surface area contributed by atoms with Crippen LogP contribution in [0.15, 0.2) is 29.2 Å². The Morgan fingerprint density at radius 3 is 2.47 bits per heavy atom. The minimum Gasteiger partial charge on any atom is -0.321 e. The predicted octanol–water partition coefficient (Wildman–Crippen LogP) is 3.46. The monoisotopic (exact) mass is 251 g/mol. The van der Waals surface area contributed by atoms with Gasteiger partial charge in [-0.3, -0.25) is 4.79 Å². The Hall–Kier alpha value is -0.800. The number of rotatable bonds is 7. The first-order chi connectivity index (χ1) is 8.15. The average Bonchev–Trinajstić information content (AvgIpc) is 2.34. The van der Waals surface area contributed by atoms with Gasteiger partial charge >= 0.3 is 0 Å². The molecule has 1 aromatic carbocycles. The van der Waals surface area contributed by atoms with Crippen molar-refractivity contribution in [2.75, 3.05) is 0 Å². The van der Waals surface area contributed by atoms with Crippen LogP contribution in [0.25, 0.3) is 0 Å². The molecule has 2 N–H and O–H groups in total. The molecule has 0 bridgehead atoms. The zero-order valence-corrected chi connectivity index (χ0v) is 11.2. The van der Waals surface area contributed by atoms with E-state index in [1.54, 1.807) is 12.1 Å². The zero-order valence-electron chi connectivity index (χ0n) is 10.4. The molecule has 0 aliphatic carbocycles. The van der Waals surface area contributed by atoms with E-state index in [9.17, 15) is 4.79 Å². The van der Waals surface area contributed by atoms with Crippen LogP contribution in [0.4, 0.5) is 0 Å². The second-order valence-electron chi connectivity index (χ2n) is 4.37. The maximum Gasteiger partial charge on any atom is 0.179 e. The Morgan fingerprint density at radius 1 is 1.24 bits per heavy atom. The molecule has 0 saturated heterocycles. The minimum atomic E-state index is -0.363. The van der Waals surface area contributed by atoms with E-state index in [2.05, 4.69) is 19.6 Å². The molecule has 0 radical (unpaired) electrons. The third kappa shape index (κ3) is 4.92. The second-order valence-corrected chi connectivity index (χ2v) is 4.88. The standard InChI is InChI=1S/C14H21NOS/c1-2-3-4-5-6-13(15)14(16)11-7-9-12(17)10-8-11/h7-10,13,17H,2-6,15H2,1H3/t13-/m0/s1. The molecule has 94 valence electrons. The molecular weight excluding hydrogens is 230 g/mol. The fourth-order valence-corrected chi connectivity index (χ4v) is 1.91. The molecule has 1 aromatic rings. The van der Waals surface area contributed by atoms with Gasteiger partial charge < -0.3 is 5.73 Å². The Bertz CT molecular complexity index is 348. The van der Waals surface area contributed by atoms with Gasteiger partial charge in [0.15, 0.2) is 5.78 Å². The first kappa shape index (κ1) is 14.3. The van der Waals surface area contributed by atoms with Crippen molar-refractivity contribution in [2.45, 2.75) is 50.0 Å². The summed E-state index contributed by atoms with van der Waals surface area (Å²) in [6.45, 7) is 2.17. The van der Waals surface area contributed by atoms with Crippen LogP contribution in [-0.2, 0) is 0 Å². The van der Waals surface area contributed by atoms with Crippen LogP contribution in [0.3, 0.4) is 0 Å². The van der Waals surface area contributed by atoms with Crippen LogP contribution in [-0.4, -0.2) is 11.8 Å². The molecule has 0 saturated carbocycles. The van der Waals surface area contributed by atoms with Crippen molar-refractivity contribution in [2.24, 2.45) is 5.73 Å². The summed E-state index contributed by atoms with van der Waals surface area (Å²) in [5, 5.41) is 0. The van der Waals surface area contributed by atoms with Gasteiger partial charge in [-0.05, 0) is 18.6 Å². The Labute approximate surface area is 109 Å². The molecule has 0 aromatic heterocycles. The first-order valence-corrected chi connectivity index (χ1v) is 6.68. The zero-order chi connectivity index (χ0) is 12.7. The molecule has 0 unspecified atom stereocenters. The lowest BCUT2D eigenvalue weighted by molar-refractivity contribution is 0.0956. The van der Waals surface area contributed by atoms with E-state index in [1.165, 1.54) is 12.8 Å². The van der Waals surface area contributed by atoms with Gasteiger partial charge in [-0.25, -0.2) is 0 Å². The van der Waals surface area contributed by atoms with Crippen molar-refractivity contribution < 1.29 is 4.79 Å². The predicted molar refractivity (Wildman–Crippen MR) is 74.8 cm³/mol. The summed E-state index contributed by atoms with van der Waals surface area (Å²) in [5.74, 6) is 0.0369. The van der Waals surface area contributed by atoms with Crippen molar-refractivity contribution in [1.82, 2.24) is 0 Å². The van der Waals surface area contributed by atoms with Crippen molar-refractivity contribution in [3.05, 3.63) is 29.8 Å². The maximum absolute atomic E-state index is 12.0. The van der Waals surface area contributed by atoms with Gasteiger partial charge in [0.05, 0.1) is 6.04 Å². The molecule has 0 aliphatic rings. The van der Waals surface area contributed by atoms with Crippen LogP contribution >= 0.6 is 12.6 Å². The molecule has 2 nitrogen and oxygen atoms in total. The van der Waals surface area contributed by atoms with Gasteiger partial charge in [-0.1, -0.05) is 44.7 Å². The molecule has 3 heteroatoms. The van der Waals surface area contributed by atoms with E-state index in [0.717, 1.165) is 24.2 Å². The molecule has 1 atom stereocenters. The number of thiol groups is 1. The normalized spacial score (nSPS) is 12.4. The third-order valence-corrected chi connectivity index (χ3v) is 3.16. The molecule has 17 heavy (non-hydrogen) atoms. The maximum atomic E-state index is 12.0. The summed E-state index contributed by atoms with van der Waals surface area (Å²) in [7, 11) is 0. The fourth-order valence-electron chi connectivity index (χ4n) is 1.76. The lowest BCUT2D eigenvalue weighted by Gasteiger charge is -2.10. The highest BCUT2D eigenvalue weighted by atomic mass is 32.1. The van der Waals surface area contributed by atoms with Crippen LogP contribution < -0.4 is 5.73 Å². The van der Waals surface area contributed by atoms with E-state index in [-0.39, 0.29) is 11.8 Å². The Kier molecular flexibility index (Phi) is 6.30. The van der Waals surface area contributed by atoms with Crippen LogP contribution in [0.2, 0.25) is 0 Å². The summed E-state index contributed by atoms with van der Waals surface area (Å²) in [6.07, 6.45) is 5.39. The largest absolute Gasteiger partial charge is 0.321 e. The van der Waals surface area contributed by atoms with Crippen molar-refractivity contribution in [3.8, 4) is 0 Å². The highest BCUT2D eigenvalue weighted by molar-refractivity contribution is 7.80. The number of ketones is 1.